The molecular weight excluding hydrogens is 283 g/mol. The van der Waals surface area contributed by atoms with Gasteiger partial charge in [0.2, 0.25) is 5.91 Å². The Kier molecular flexibility index (Phi) is 6.11. The predicted octanol–water partition coefficient (Wildman–Crippen LogP) is 3.51. The van der Waals surface area contributed by atoms with Gasteiger partial charge in [-0.3, -0.25) is 4.79 Å². The van der Waals surface area contributed by atoms with Crippen LogP contribution in [0, 0.1) is 0 Å². The highest BCUT2D eigenvalue weighted by Crippen LogP contribution is 2.25. The smallest absolute Gasteiger partial charge is 0.236 e. The molecule has 5 heteroatoms. The van der Waals surface area contributed by atoms with Crippen molar-refractivity contribution in [1.29, 1.82) is 0 Å². The lowest BCUT2D eigenvalue weighted by molar-refractivity contribution is -0.130. The number of hydrogen-bond acceptors (Lipinski definition) is 2. The molecule has 0 aromatic heterocycles. The molecule has 0 aliphatic rings. The molecule has 1 atom stereocenters. The molecule has 1 amide bonds. The van der Waals surface area contributed by atoms with E-state index in [1.165, 1.54) is 0 Å². The number of amides is 1. The second-order valence-electron chi connectivity index (χ2n) is 4.87. The van der Waals surface area contributed by atoms with Crippen LogP contribution in [0.3, 0.4) is 0 Å². The van der Waals surface area contributed by atoms with Crippen molar-refractivity contribution in [3.05, 3.63) is 33.8 Å². The Bertz CT molecular complexity index is 449. The number of likely N-dealkylation sites (N-methyl/N-ethyl adjacent to an activating group) is 1. The third-order valence-electron chi connectivity index (χ3n) is 3.16. The lowest BCUT2D eigenvalue weighted by atomic mass is 10.1. The van der Waals surface area contributed by atoms with Crippen LogP contribution in [0.4, 0.5) is 0 Å². The molecular formula is C14H20Cl2N2O. The average molecular weight is 303 g/mol. The summed E-state index contributed by atoms with van der Waals surface area (Å²) in [6, 6.07) is 5.57. The van der Waals surface area contributed by atoms with Crippen molar-refractivity contribution in [2.75, 3.05) is 13.6 Å². The Hall–Kier alpha value is -0.770. The molecule has 19 heavy (non-hydrogen) atoms. The Morgan fingerprint density at radius 2 is 1.95 bits per heavy atom. The van der Waals surface area contributed by atoms with Gasteiger partial charge in [0.15, 0.2) is 0 Å². The summed E-state index contributed by atoms with van der Waals surface area (Å²) in [5.41, 5.74) is 0.936. The number of carbonyl (C=O) groups is 1. The lowest BCUT2D eigenvalue weighted by Crippen LogP contribution is -2.40. The Morgan fingerprint density at radius 3 is 2.47 bits per heavy atom. The van der Waals surface area contributed by atoms with Crippen molar-refractivity contribution in [3.8, 4) is 0 Å². The van der Waals surface area contributed by atoms with Crippen molar-refractivity contribution in [2.45, 2.75) is 32.9 Å². The summed E-state index contributed by atoms with van der Waals surface area (Å²) >= 11 is 12.0. The molecule has 0 saturated heterocycles. The second kappa shape index (κ2) is 7.13. The maximum absolute atomic E-state index is 11.9. The van der Waals surface area contributed by atoms with E-state index in [4.69, 9.17) is 23.2 Å². The van der Waals surface area contributed by atoms with Gasteiger partial charge >= 0.3 is 0 Å². The van der Waals surface area contributed by atoms with Gasteiger partial charge < -0.3 is 10.2 Å². The third-order valence-corrected chi connectivity index (χ3v) is 3.72. The molecule has 0 aliphatic heterocycles. The molecule has 1 aromatic carbocycles. The molecule has 0 fully saturated rings. The maximum Gasteiger partial charge on any atom is 0.236 e. The van der Waals surface area contributed by atoms with Crippen LogP contribution in [0.25, 0.3) is 0 Å². The molecule has 0 heterocycles. The van der Waals surface area contributed by atoms with E-state index in [9.17, 15) is 4.79 Å². The number of halogens is 2. The number of rotatable bonds is 5. The minimum atomic E-state index is -0.00530. The molecule has 0 bridgehead atoms. The minimum absolute atomic E-state index is 0.00530. The maximum atomic E-state index is 11.9. The van der Waals surface area contributed by atoms with Crippen LogP contribution < -0.4 is 5.32 Å². The normalized spacial score (nSPS) is 12.6. The van der Waals surface area contributed by atoms with E-state index in [1.807, 2.05) is 26.8 Å². The fourth-order valence-electron chi connectivity index (χ4n) is 1.62. The van der Waals surface area contributed by atoms with Crippen LogP contribution in [0.1, 0.15) is 32.4 Å². The number of nitrogens with zero attached hydrogens (tertiary/aromatic N) is 1. The molecule has 0 saturated carbocycles. The first-order valence-corrected chi connectivity index (χ1v) is 7.02. The van der Waals surface area contributed by atoms with Crippen LogP contribution >= 0.6 is 23.2 Å². The van der Waals surface area contributed by atoms with Gasteiger partial charge in [0.05, 0.1) is 6.54 Å². The van der Waals surface area contributed by atoms with E-state index in [0.717, 1.165) is 5.56 Å². The van der Waals surface area contributed by atoms with E-state index in [2.05, 4.69) is 5.32 Å². The molecule has 1 aromatic rings. The van der Waals surface area contributed by atoms with E-state index >= 15 is 0 Å². The summed E-state index contributed by atoms with van der Waals surface area (Å²) in [6.07, 6.45) is 0. The van der Waals surface area contributed by atoms with Gasteiger partial charge in [-0.2, -0.15) is 0 Å². The summed E-state index contributed by atoms with van der Waals surface area (Å²) in [4.78, 5) is 13.6. The molecule has 106 valence electrons. The first kappa shape index (κ1) is 16.3. The van der Waals surface area contributed by atoms with E-state index in [1.54, 1.807) is 24.1 Å². The average Bonchev–Trinajstić information content (AvgIpc) is 2.34. The Balaban J connectivity index is 2.60. The van der Waals surface area contributed by atoms with Crippen molar-refractivity contribution in [2.24, 2.45) is 0 Å². The molecule has 0 spiro atoms. The molecule has 0 aliphatic carbocycles. The first-order valence-electron chi connectivity index (χ1n) is 6.27. The highest BCUT2D eigenvalue weighted by Gasteiger charge is 2.15. The molecule has 1 unspecified atom stereocenters. The molecule has 1 rings (SSSR count). The fourth-order valence-corrected chi connectivity index (χ4v) is 2.19. The van der Waals surface area contributed by atoms with Gasteiger partial charge in [-0.25, -0.2) is 0 Å². The minimum Gasteiger partial charge on any atom is -0.342 e. The summed E-state index contributed by atoms with van der Waals surface area (Å²) in [7, 11) is 1.80. The number of benzene rings is 1. The van der Waals surface area contributed by atoms with Gasteiger partial charge in [0.1, 0.15) is 0 Å². The second-order valence-corrected chi connectivity index (χ2v) is 5.71. The van der Waals surface area contributed by atoms with Crippen molar-refractivity contribution in [3.63, 3.8) is 0 Å². The van der Waals surface area contributed by atoms with E-state index < -0.39 is 0 Å². The van der Waals surface area contributed by atoms with Crippen LogP contribution in [0.2, 0.25) is 10.0 Å². The monoisotopic (exact) mass is 302 g/mol. The zero-order valence-electron chi connectivity index (χ0n) is 11.7. The zero-order valence-corrected chi connectivity index (χ0v) is 13.2. The van der Waals surface area contributed by atoms with Gasteiger partial charge in [-0.1, -0.05) is 29.3 Å². The highest BCUT2D eigenvalue weighted by molar-refractivity contribution is 6.35. The quantitative estimate of drug-likeness (QED) is 0.903. The van der Waals surface area contributed by atoms with Gasteiger partial charge in [0, 0.05) is 29.2 Å². The topological polar surface area (TPSA) is 32.3 Å². The number of hydrogen-bond donors (Lipinski definition) is 1. The first-order chi connectivity index (χ1) is 8.82. The lowest BCUT2D eigenvalue weighted by Gasteiger charge is -2.23. The molecule has 1 N–H and O–H groups in total. The predicted molar refractivity (Wildman–Crippen MR) is 80.8 cm³/mol. The van der Waals surface area contributed by atoms with E-state index in [0.29, 0.717) is 10.0 Å². The summed E-state index contributed by atoms with van der Waals surface area (Å²) < 4.78 is 0. The molecule has 3 nitrogen and oxygen atoms in total. The van der Waals surface area contributed by atoms with Crippen molar-refractivity contribution < 1.29 is 4.79 Å². The van der Waals surface area contributed by atoms with E-state index in [-0.39, 0.29) is 24.5 Å². The van der Waals surface area contributed by atoms with Gasteiger partial charge in [-0.05, 0) is 38.5 Å². The standard InChI is InChI=1S/C14H20Cl2N2O/c1-9(2)18(4)14(19)8-17-10(3)12-6-5-11(15)7-13(12)16/h5-7,9-10,17H,8H2,1-4H3. The van der Waals surface area contributed by atoms with Crippen LogP contribution in [0.5, 0.6) is 0 Å². The Labute approximate surface area is 124 Å². The number of carbonyl (C=O) groups excluding carboxylic acids is 1. The fraction of sp³-hybridized carbons (Fsp3) is 0.500. The largest absolute Gasteiger partial charge is 0.342 e. The van der Waals surface area contributed by atoms with Crippen LogP contribution in [-0.2, 0) is 4.79 Å². The van der Waals surface area contributed by atoms with Crippen LogP contribution in [-0.4, -0.2) is 30.4 Å². The summed E-state index contributed by atoms with van der Waals surface area (Å²) in [5, 5.41) is 4.39. The van der Waals surface area contributed by atoms with Crippen LogP contribution in [0.15, 0.2) is 18.2 Å². The SMILES string of the molecule is CC(NCC(=O)N(C)C(C)C)c1ccc(Cl)cc1Cl. The zero-order chi connectivity index (χ0) is 14.6. The van der Waals surface area contributed by atoms with Gasteiger partial charge in [0.25, 0.3) is 0 Å². The van der Waals surface area contributed by atoms with Crippen molar-refractivity contribution >= 4 is 29.1 Å². The Morgan fingerprint density at radius 1 is 1.32 bits per heavy atom. The van der Waals surface area contributed by atoms with Gasteiger partial charge in [-0.15, -0.1) is 0 Å². The van der Waals surface area contributed by atoms with Crippen molar-refractivity contribution in [1.82, 2.24) is 10.2 Å². The number of nitrogens with one attached hydrogen (secondary N) is 1. The summed E-state index contributed by atoms with van der Waals surface area (Å²) in [6.45, 7) is 6.22. The molecule has 0 radical (unpaired) electrons. The summed E-state index contributed by atoms with van der Waals surface area (Å²) in [5.74, 6) is 0.0620. The highest BCUT2D eigenvalue weighted by atomic mass is 35.5. The third kappa shape index (κ3) is 4.68.